The largest absolute Gasteiger partial charge is 0.381 e. The summed E-state index contributed by atoms with van der Waals surface area (Å²) in [6.45, 7) is 3.05. The number of ether oxygens (including phenoxy) is 1. The van der Waals surface area contributed by atoms with Gasteiger partial charge in [-0.25, -0.2) is 13.1 Å². The maximum atomic E-state index is 12.0. The Hall–Kier alpha value is -0.140. The van der Waals surface area contributed by atoms with Crippen LogP contribution < -0.4 is 15.4 Å². The van der Waals surface area contributed by atoms with Gasteiger partial charge in [0.25, 0.3) is 0 Å². The van der Waals surface area contributed by atoms with Crippen LogP contribution in [0.5, 0.6) is 0 Å². The molecule has 0 bridgehead atoms. The number of hydrogen-bond donors (Lipinski definition) is 3. The van der Waals surface area contributed by atoms with Crippen molar-refractivity contribution < 1.29 is 13.2 Å². The topological polar surface area (TPSA) is 91.8 Å². The first-order valence-electron chi connectivity index (χ1n) is 8.28. The van der Waals surface area contributed by atoms with E-state index in [1.165, 1.54) is 18.9 Å². The summed E-state index contributed by atoms with van der Waals surface area (Å²) < 4.78 is 32.8. The van der Waals surface area contributed by atoms with E-state index in [9.17, 15) is 8.42 Å². The van der Waals surface area contributed by atoms with E-state index in [0.717, 1.165) is 43.4 Å². The van der Waals surface area contributed by atoms with Gasteiger partial charge in [-0.15, -0.1) is 35.3 Å². The number of hydrogen-bond acceptors (Lipinski definition) is 5. The summed E-state index contributed by atoms with van der Waals surface area (Å²) in [5.41, 5.74) is 0. The van der Waals surface area contributed by atoms with Crippen molar-refractivity contribution in [2.75, 3.05) is 39.9 Å². The van der Waals surface area contributed by atoms with Gasteiger partial charge in [-0.2, -0.15) is 0 Å². The zero-order valence-electron chi connectivity index (χ0n) is 14.7. The Bertz CT molecular complexity index is 666. The Balaban J connectivity index is 0.00000338. The van der Waals surface area contributed by atoms with Crippen LogP contribution in [0.3, 0.4) is 0 Å². The molecule has 150 valence electrons. The summed E-state index contributed by atoms with van der Waals surface area (Å²) in [7, 11) is -1.83. The highest BCUT2D eigenvalue weighted by Crippen LogP contribution is 2.28. The second-order valence-electron chi connectivity index (χ2n) is 5.75. The standard InChI is InChI=1S/C15H25ClN4O3S2.HI/c1-17-15(18-7-2-10-23-11-12-3-4-12)19-8-9-20-25(21,22)14-6-5-13(16)24-14;/h5-6,12,20H,2-4,7-11H2,1H3,(H2,17,18,19);1H. The number of guanidine groups is 1. The molecule has 0 atom stereocenters. The Morgan fingerprint density at radius 1 is 1.31 bits per heavy atom. The average molecular weight is 537 g/mol. The molecule has 26 heavy (non-hydrogen) atoms. The van der Waals surface area contributed by atoms with Crippen LogP contribution >= 0.6 is 46.9 Å². The van der Waals surface area contributed by atoms with Crippen molar-refractivity contribution >= 4 is 62.9 Å². The maximum absolute atomic E-state index is 12.0. The molecule has 0 spiro atoms. The molecule has 11 heteroatoms. The molecule has 1 saturated carbocycles. The molecule has 3 N–H and O–H groups in total. The van der Waals surface area contributed by atoms with Gasteiger partial charge in [-0.05, 0) is 37.3 Å². The lowest BCUT2D eigenvalue weighted by molar-refractivity contribution is 0.123. The van der Waals surface area contributed by atoms with Crippen LogP contribution in [0, 0.1) is 5.92 Å². The minimum absolute atomic E-state index is 0. The molecule has 0 saturated heterocycles. The predicted octanol–water partition coefficient (Wildman–Crippen LogP) is 2.28. The minimum atomic E-state index is -3.51. The Kier molecular flexibility index (Phi) is 11.3. The molecule has 0 aliphatic heterocycles. The van der Waals surface area contributed by atoms with Gasteiger partial charge in [0.1, 0.15) is 4.21 Å². The van der Waals surface area contributed by atoms with Crippen LogP contribution in [0.15, 0.2) is 21.3 Å². The van der Waals surface area contributed by atoms with E-state index in [0.29, 0.717) is 16.8 Å². The molecule has 1 aromatic rings. The van der Waals surface area contributed by atoms with Gasteiger partial charge in [0.15, 0.2) is 5.96 Å². The number of thiophene rings is 1. The molecule has 1 aliphatic rings. The summed E-state index contributed by atoms with van der Waals surface area (Å²) in [6.07, 6.45) is 3.51. The summed E-state index contributed by atoms with van der Waals surface area (Å²) in [5.74, 6) is 1.43. The van der Waals surface area contributed by atoms with Crippen LogP contribution in [0.2, 0.25) is 4.34 Å². The number of halogens is 2. The molecule has 7 nitrogen and oxygen atoms in total. The van der Waals surface area contributed by atoms with Crippen molar-refractivity contribution in [2.45, 2.75) is 23.5 Å². The van der Waals surface area contributed by atoms with Crippen molar-refractivity contribution in [2.24, 2.45) is 10.9 Å². The summed E-state index contributed by atoms with van der Waals surface area (Å²) in [6, 6.07) is 3.06. The molecule has 1 fully saturated rings. The van der Waals surface area contributed by atoms with Gasteiger partial charge in [0.05, 0.1) is 4.34 Å². The highest BCUT2D eigenvalue weighted by molar-refractivity contribution is 14.0. The van der Waals surface area contributed by atoms with Crippen molar-refractivity contribution in [1.29, 1.82) is 0 Å². The van der Waals surface area contributed by atoms with Crippen LogP contribution in [0.4, 0.5) is 0 Å². The normalized spacial score (nSPS) is 14.8. The van der Waals surface area contributed by atoms with Crippen LogP contribution in [-0.2, 0) is 14.8 Å². The Morgan fingerprint density at radius 2 is 2.04 bits per heavy atom. The fourth-order valence-corrected chi connectivity index (χ4v) is 4.57. The maximum Gasteiger partial charge on any atom is 0.250 e. The molecule has 1 heterocycles. The summed E-state index contributed by atoms with van der Waals surface area (Å²) in [4.78, 5) is 4.10. The van der Waals surface area contributed by atoms with Gasteiger partial charge < -0.3 is 15.4 Å². The molecule has 0 aromatic carbocycles. The van der Waals surface area contributed by atoms with E-state index < -0.39 is 10.0 Å². The molecular formula is C15H26ClIN4O3S2. The smallest absolute Gasteiger partial charge is 0.250 e. The van der Waals surface area contributed by atoms with Crippen LogP contribution in [0.1, 0.15) is 19.3 Å². The SMILES string of the molecule is CN=C(NCCCOCC1CC1)NCCNS(=O)(=O)c1ccc(Cl)s1.I. The zero-order valence-corrected chi connectivity index (χ0v) is 19.4. The lowest BCUT2D eigenvalue weighted by Gasteiger charge is -2.12. The molecular weight excluding hydrogens is 511 g/mol. The first-order valence-corrected chi connectivity index (χ1v) is 11.0. The second kappa shape index (κ2) is 12.3. The van der Waals surface area contributed by atoms with Crippen molar-refractivity contribution in [3.05, 3.63) is 16.5 Å². The third-order valence-corrected chi connectivity index (χ3v) is 6.74. The van der Waals surface area contributed by atoms with Gasteiger partial charge in [0, 0.05) is 39.9 Å². The van der Waals surface area contributed by atoms with Crippen molar-refractivity contribution in [3.8, 4) is 0 Å². The number of sulfonamides is 1. The van der Waals surface area contributed by atoms with Gasteiger partial charge >= 0.3 is 0 Å². The highest BCUT2D eigenvalue weighted by Gasteiger charge is 2.20. The monoisotopic (exact) mass is 536 g/mol. The molecule has 2 rings (SSSR count). The number of rotatable bonds is 11. The van der Waals surface area contributed by atoms with E-state index in [4.69, 9.17) is 16.3 Å². The van der Waals surface area contributed by atoms with E-state index in [1.807, 2.05) is 0 Å². The molecule has 0 unspecified atom stereocenters. The van der Waals surface area contributed by atoms with Crippen molar-refractivity contribution in [1.82, 2.24) is 15.4 Å². The lowest BCUT2D eigenvalue weighted by Crippen LogP contribution is -2.41. The number of nitrogens with zero attached hydrogens (tertiary/aromatic N) is 1. The van der Waals surface area contributed by atoms with E-state index in [-0.39, 0.29) is 34.7 Å². The highest BCUT2D eigenvalue weighted by atomic mass is 127. The number of aliphatic imine (C=N–C) groups is 1. The molecule has 1 aromatic heterocycles. The minimum Gasteiger partial charge on any atom is -0.381 e. The molecule has 1 aliphatic carbocycles. The average Bonchev–Trinajstić information content (AvgIpc) is 3.30. The van der Waals surface area contributed by atoms with Crippen LogP contribution in [-0.4, -0.2) is 54.3 Å². The van der Waals surface area contributed by atoms with Gasteiger partial charge in [-0.3, -0.25) is 4.99 Å². The first kappa shape index (κ1) is 23.9. The van der Waals surface area contributed by atoms with Crippen molar-refractivity contribution in [3.63, 3.8) is 0 Å². The summed E-state index contributed by atoms with van der Waals surface area (Å²) >= 11 is 6.80. The zero-order chi connectivity index (χ0) is 18.1. The fraction of sp³-hybridized carbons (Fsp3) is 0.667. The quantitative estimate of drug-likeness (QED) is 0.175. The van der Waals surface area contributed by atoms with Gasteiger partial charge in [-0.1, -0.05) is 11.6 Å². The second-order valence-corrected chi connectivity index (χ2v) is 9.46. The lowest BCUT2D eigenvalue weighted by atomic mass is 10.4. The van der Waals surface area contributed by atoms with Crippen LogP contribution in [0.25, 0.3) is 0 Å². The number of nitrogens with one attached hydrogen (secondary N) is 3. The van der Waals surface area contributed by atoms with Gasteiger partial charge in [0.2, 0.25) is 10.0 Å². The fourth-order valence-electron chi connectivity index (χ4n) is 2.02. The third kappa shape index (κ3) is 9.18. The van der Waals surface area contributed by atoms with E-state index in [2.05, 4.69) is 20.3 Å². The first-order chi connectivity index (χ1) is 12.0. The molecule has 0 radical (unpaired) electrons. The summed E-state index contributed by atoms with van der Waals surface area (Å²) in [5, 5.41) is 6.24. The Morgan fingerprint density at radius 3 is 2.65 bits per heavy atom. The van der Waals surface area contributed by atoms with E-state index in [1.54, 1.807) is 13.1 Å². The predicted molar refractivity (Wildman–Crippen MR) is 117 cm³/mol. The molecule has 0 amide bonds. The van der Waals surface area contributed by atoms with E-state index >= 15 is 0 Å². The Labute approximate surface area is 181 Å². The third-order valence-electron chi connectivity index (χ3n) is 3.55.